The minimum Gasteiger partial charge on any atom is -0.394 e. The molecule has 0 aromatic carbocycles. The molecule has 76 heavy (non-hydrogen) atoms. The van der Waals surface area contributed by atoms with Crippen LogP contribution in [0, 0.1) is 0 Å². The van der Waals surface area contributed by atoms with Crippen LogP contribution in [0.15, 0.2) is 24.3 Å². The van der Waals surface area contributed by atoms with Gasteiger partial charge in [-0.2, -0.15) is 0 Å². The average molecular weight is 1080 g/mol. The third-order valence-electron chi connectivity index (χ3n) is 15.6. The van der Waals surface area contributed by atoms with Gasteiger partial charge in [0.15, 0.2) is 12.6 Å². The van der Waals surface area contributed by atoms with E-state index in [0.29, 0.717) is 12.8 Å². The largest absolute Gasteiger partial charge is 0.394 e. The van der Waals surface area contributed by atoms with Crippen LogP contribution in [0.1, 0.15) is 271 Å². The predicted octanol–water partition coefficient (Wildman–Crippen LogP) is 11.2. The van der Waals surface area contributed by atoms with Crippen LogP contribution in [0.25, 0.3) is 0 Å². The molecule has 2 fully saturated rings. The van der Waals surface area contributed by atoms with Gasteiger partial charge in [-0.05, 0) is 32.1 Å². The first-order chi connectivity index (χ1) is 37.1. The van der Waals surface area contributed by atoms with Gasteiger partial charge in [0, 0.05) is 6.42 Å². The van der Waals surface area contributed by atoms with E-state index in [9.17, 15) is 45.6 Å². The van der Waals surface area contributed by atoms with Gasteiger partial charge in [0.05, 0.1) is 32.0 Å². The van der Waals surface area contributed by atoms with E-state index in [1.54, 1.807) is 6.08 Å². The van der Waals surface area contributed by atoms with Crippen molar-refractivity contribution in [2.45, 2.75) is 344 Å². The highest BCUT2D eigenvalue weighted by Crippen LogP contribution is 2.30. The lowest BCUT2D eigenvalue weighted by molar-refractivity contribution is -0.359. The van der Waals surface area contributed by atoms with Gasteiger partial charge < -0.3 is 65.1 Å². The summed E-state index contributed by atoms with van der Waals surface area (Å²) in [7, 11) is 0. The number of hydrogen-bond donors (Lipinski definition) is 9. The van der Waals surface area contributed by atoms with Gasteiger partial charge in [0.2, 0.25) is 5.91 Å². The van der Waals surface area contributed by atoms with Crippen LogP contribution in [0.5, 0.6) is 0 Å². The zero-order chi connectivity index (χ0) is 55.3. The van der Waals surface area contributed by atoms with Gasteiger partial charge >= 0.3 is 0 Å². The molecule has 14 heteroatoms. The second-order valence-corrected chi connectivity index (χ2v) is 22.5. The van der Waals surface area contributed by atoms with Crippen molar-refractivity contribution in [1.82, 2.24) is 5.32 Å². The van der Waals surface area contributed by atoms with Crippen LogP contribution in [0.2, 0.25) is 0 Å². The number of hydrogen-bond acceptors (Lipinski definition) is 13. The van der Waals surface area contributed by atoms with E-state index in [4.69, 9.17) is 18.9 Å². The Morgan fingerprint density at radius 1 is 0.461 bits per heavy atom. The second-order valence-electron chi connectivity index (χ2n) is 22.5. The maximum Gasteiger partial charge on any atom is 0.220 e. The Labute approximate surface area is 462 Å². The first-order valence-electron chi connectivity index (χ1n) is 31.6. The minimum absolute atomic E-state index is 0.244. The van der Waals surface area contributed by atoms with Crippen molar-refractivity contribution in [2.24, 2.45) is 0 Å². The van der Waals surface area contributed by atoms with Crippen molar-refractivity contribution >= 4 is 5.91 Å². The second kappa shape index (κ2) is 48.2. The number of rotatable bonds is 51. The molecule has 2 saturated heterocycles. The fourth-order valence-electron chi connectivity index (χ4n) is 10.5. The monoisotopic (exact) mass is 1080 g/mol. The Bertz CT molecular complexity index is 1370. The van der Waals surface area contributed by atoms with E-state index in [-0.39, 0.29) is 18.9 Å². The van der Waals surface area contributed by atoms with Crippen molar-refractivity contribution in [3.63, 3.8) is 0 Å². The third kappa shape index (κ3) is 33.3. The van der Waals surface area contributed by atoms with Crippen molar-refractivity contribution in [3.8, 4) is 0 Å². The summed E-state index contributed by atoms with van der Waals surface area (Å²) in [5.41, 5.74) is 0. The van der Waals surface area contributed by atoms with Gasteiger partial charge in [-0.1, -0.05) is 256 Å². The van der Waals surface area contributed by atoms with Crippen LogP contribution < -0.4 is 5.32 Å². The fraction of sp³-hybridized carbons (Fsp3) is 0.919. The Morgan fingerprint density at radius 2 is 0.842 bits per heavy atom. The van der Waals surface area contributed by atoms with Crippen LogP contribution in [0.4, 0.5) is 0 Å². The first kappa shape index (κ1) is 70.6. The summed E-state index contributed by atoms with van der Waals surface area (Å²) in [6.45, 7) is 2.82. The smallest absolute Gasteiger partial charge is 0.220 e. The summed E-state index contributed by atoms with van der Waals surface area (Å²) in [5, 5.41) is 87.2. The first-order valence-corrected chi connectivity index (χ1v) is 31.6. The molecule has 0 saturated carbocycles. The van der Waals surface area contributed by atoms with E-state index in [2.05, 4.69) is 31.3 Å². The van der Waals surface area contributed by atoms with Crippen LogP contribution in [0.3, 0.4) is 0 Å². The summed E-state index contributed by atoms with van der Waals surface area (Å²) in [5.74, 6) is -0.244. The summed E-state index contributed by atoms with van der Waals surface area (Å²) in [6, 6.07) is -0.928. The molecule has 0 aromatic rings. The summed E-state index contributed by atoms with van der Waals surface area (Å²) >= 11 is 0. The highest BCUT2D eigenvalue weighted by atomic mass is 16.7. The molecule has 0 spiro atoms. The predicted molar refractivity (Wildman–Crippen MR) is 305 cm³/mol. The molecule has 12 unspecified atom stereocenters. The number of nitrogens with one attached hydrogen (secondary N) is 1. The molecule has 0 bridgehead atoms. The van der Waals surface area contributed by atoms with Gasteiger partial charge in [0.1, 0.15) is 48.8 Å². The Balaban J connectivity index is 1.76. The molecule has 2 rings (SSSR count). The molecule has 2 aliphatic rings. The lowest BCUT2D eigenvalue weighted by Crippen LogP contribution is -2.65. The summed E-state index contributed by atoms with van der Waals surface area (Å²) in [6.07, 6.45) is 40.8. The summed E-state index contributed by atoms with van der Waals surface area (Å²) in [4.78, 5) is 13.3. The minimum atomic E-state index is -1.79. The van der Waals surface area contributed by atoms with E-state index in [1.165, 1.54) is 205 Å². The molecule has 448 valence electrons. The van der Waals surface area contributed by atoms with Crippen molar-refractivity contribution in [1.29, 1.82) is 0 Å². The number of amides is 1. The third-order valence-corrected chi connectivity index (χ3v) is 15.6. The number of carbonyl (C=O) groups is 1. The Hall–Kier alpha value is -1.53. The molecule has 0 radical (unpaired) electrons. The topological polar surface area (TPSA) is 228 Å². The number of ether oxygens (including phenoxy) is 4. The van der Waals surface area contributed by atoms with E-state index < -0.39 is 86.8 Å². The molecule has 12 atom stereocenters. The van der Waals surface area contributed by atoms with Crippen molar-refractivity contribution in [3.05, 3.63) is 24.3 Å². The van der Waals surface area contributed by atoms with Gasteiger partial charge in [-0.3, -0.25) is 4.79 Å². The highest BCUT2D eigenvalue weighted by Gasteiger charge is 2.51. The number of allylic oxidation sites excluding steroid dienone is 3. The lowest BCUT2D eigenvalue weighted by atomic mass is 9.97. The maximum absolute atomic E-state index is 13.3. The van der Waals surface area contributed by atoms with Crippen molar-refractivity contribution in [2.75, 3.05) is 19.8 Å². The molecule has 1 amide bonds. The Morgan fingerprint density at radius 3 is 1.29 bits per heavy atom. The molecular weight excluding hydrogens is 967 g/mol. The summed E-state index contributed by atoms with van der Waals surface area (Å²) < 4.78 is 22.8. The SMILES string of the molecule is CCCCCCCCCCCCCCCCC/C=C/CC/C=C/C(O)C(COC1OC(CO)C(OC2OC(CO)C(O)C(O)C2O)C(O)C1O)NC(=O)CCCCCCCCCCCCCCCCCCCCCCC. The van der Waals surface area contributed by atoms with E-state index in [0.717, 1.165) is 32.1 Å². The van der Waals surface area contributed by atoms with Crippen LogP contribution >= 0.6 is 0 Å². The quantitative estimate of drug-likeness (QED) is 0.0204. The standard InChI is InChI=1S/C62H117NO13/c1-3-5-7-9-11-13-15-17-19-21-23-25-27-29-31-33-35-37-39-41-43-45-51(66)50(49-73-61-59(72)57(70)60(53(48-65)75-61)76-62-58(71)56(69)55(68)52(47-64)74-62)63-54(67)46-44-42-40-38-36-34-32-30-28-26-24-22-20-18-16-14-12-10-8-6-4-2/h35,37,43,45,50-53,55-62,64-66,68-72H,3-34,36,38-42,44,46-49H2,1-2H3,(H,63,67)/b37-35+,45-43+. The molecule has 9 N–H and O–H groups in total. The van der Waals surface area contributed by atoms with E-state index >= 15 is 0 Å². The van der Waals surface area contributed by atoms with Gasteiger partial charge in [0.25, 0.3) is 0 Å². The van der Waals surface area contributed by atoms with Gasteiger partial charge in [-0.15, -0.1) is 0 Å². The number of carbonyl (C=O) groups excluding carboxylic acids is 1. The number of aliphatic hydroxyl groups is 8. The molecule has 0 aromatic heterocycles. The zero-order valence-electron chi connectivity index (χ0n) is 48.3. The Kier molecular flexibility index (Phi) is 44.8. The molecule has 14 nitrogen and oxygen atoms in total. The molecule has 2 aliphatic heterocycles. The number of aliphatic hydroxyl groups excluding tert-OH is 8. The normalized spacial score (nSPS) is 25.0. The van der Waals surface area contributed by atoms with Gasteiger partial charge in [-0.25, -0.2) is 0 Å². The maximum atomic E-state index is 13.3. The number of unbranched alkanes of at least 4 members (excludes halogenated alkanes) is 36. The highest BCUT2D eigenvalue weighted by molar-refractivity contribution is 5.76. The van der Waals surface area contributed by atoms with Crippen LogP contribution in [-0.4, -0.2) is 140 Å². The molecular formula is C62H117NO13. The molecule has 0 aliphatic carbocycles. The lowest BCUT2D eigenvalue weighted by Gasteiger charge is -2.46. The van der Waals surface area contributed by atoms with Crippen LogP contribution in [-0.2, 0) is 23.7 Å². The van der Waals surface area contributed by atoms with Crippen molar-refractivity contribution < 1.29 is 64.6 Å². The average Bonchev–Trinajstić information content (AvgIpc) is 3.42. The fourth-order valence-corrected chi connectivity index (χ4v) is 10.5. The van der Waals surface area contributed by atoms with E-state index in [1.807, 2.05) is 6.08 Å². The zero-order valence-corrected chi connectivity index (χ0v) is 48.3. The molecule has 2 heterocycles.